The Morgan fingerprint density at radius 1 is 1.18 bits per heavy atom. The van der Waals surface area contributed by atoms with Crippen molar-refractivity contribution in [1.82, 2.24) is 19.7 Å². The molecule has 33 heavy (non-hydrogen) atoms. The zero-order valence-corrected chi connectivity index (χ0v) is 17.9. The Morgan fingerprint density at radius 2 is 1.94 bits per heavy atom. The van der Waals surface area contributed by atoms with E-state index in [1.165, 1.54) is 31.9 Å². The first kappa shape index (κ1) is 23.9. The fourth-order valence-corrected chi connectivity index (χ4v) is 2.85. The Morgan fingerprint density at radius 3 is 2.52 bits per heavy atom. The molecule has 0 bridgehead atoms. The van der Waals surface area contributed by atoms with E-state index in [0.717, 1.165) is 16.8 Å². The second kappa shape index (κ2) is 9.80. The van der Waals surface area contributed by atoms with Crippen LogP contribution in [0, 0.1) is 0 Å². The van der Waals surface area contributed by atoms with Gasteiger partial charge < -0.3 is 9.47 Å². The van der Waals surface area contributed by atoms with Gasteiger partial charge in [0.25, 0.3) is 0 Å². The molecular weight excluding hydrogens is 444 g/mol. The lowest BCUT2D eigenvalue weighted by atomic mass is 10.1. The average molecular weight is 464 g/mol. The van der Waals surface area contributed by atoms with Gasteiger partial charge in [-0.15, -0.1) is 5.10 Å². The minimum Gasteiger partial charge on any atom is -0.481 e. The first-order chi connectivity index (χ1) is 15.6. The van der Waals surface area contributed by atoms with Crippen LogP contribution in [0.4, 0.5) is 17.6 Å². The van der Waals surface area contributed by atoms with Crippen LogP contribution >= 0.6 is 0 Å². The van der Waals surface area contributed by atoms with Gasteiger partial charge >= 0.3 is 12.1 Å². The topological polar surface area (TPSA) is 79.1 Å². The van der Waals surface area contributed by atoms with Crippen LogP contribution in [-0.2, 0) is 22.4 Å². The van der Waals surface area contributed by atoms with Crippen LogP contribution in [0.5, 0.6) is 5.88 Å². The predicted octanol–water partition coefficient (Wildman–Crippen LogP) is 4.79. The minimum absolute atomic E-state index is 0.0120. The standard InChI is InChI=1S/C22H20F4N4O3/c1-13(2)33-21(31)18(15-4-5-19(32-3)27-10-15)11-30-12-28-20(29-30)16-6-14(9-23)7-17(8-16)22(24,25)26/h4-8,10-13H,9H2,1-3H3/b18-11+. The molecular formula is C22H20F4N4O3. The SMILES string of the molecule is COc1ccc(/C(=C\n2cnc(-c3cc(CF)cc(C(F)(F)F)c3)n2)C(=O)OC(C)C)cn1. The maximum Gasteiger partial charge on any atom is 0.416 e. The van der Waals surface area contributed by atoms with Gasteiger partial charge in [0.1, 0.15) is 13.0 Å². The molecule has 0 fully saturated rings. The van der Waals surface area contributed by atoms with E-state index in [2.05, 4.69) is 15.1 Å². The smallest absolute Gasteiger partial charge is 0.416 e. The third kappa shape index (κ3) is 5.93. The highest BCUT2D eigenvalue weighted by molar-refractivity contribution is 6.20. The van der Waals surface area contributed by atoms with Gasteiger partial charge in [-0.3, -0.25) is 0 Å². The van der Waals surface area contributed by atoms with Gasteiger partial charge in [0.05, 0.1) is 24.4 Å². The highest BCUT2D eigenvalue weighted by Gasteiger charge is 2.31. The van der Waals surface area contributed by atoms with Gasteiger partial charge in [-0.1, -0.05) is 0 Å². The highest BCUT2D eigenvalue weighted by Crippen LogP contribution is 2.33. The first-order valence-corrected chi connectivity index (χ1v) is 9.72. The number of rotatable bonds is 7. The molecule has 0 aliphatic carbocycles. The van der Waals surface area contributed by atoms with Crippen LogP contribution in [-0.4, -0.2) is 38.9 Å². The van der Waals surface area contributed by atoms with E-state index >= 15 is 0 Å². The van der Waals surface area contributed by atoms with E-state index in [-0.39, 0.29) is 22.5 Å². The number of pyridine rings is 1. The second-order valence-corrected chi connectivity index (χ2v) is 7.18. The number of methoxy groups -OCH3 is 1. The summed E-state index contributed by atoms with van der Waals surface area (Å²) in [5.74, 6) is -0.393. The van der Waals surface area contributed by atoms with Gasteiger partial charge in [-0.05, 0) is 43.7 Å². The molecule has 0 amide bonds. The number of aromatic nitrogens is 4. The molecule has 0 radical (unpaired) electrons. The lowest BCUT2D eigenvalue weighted by molar-refractivity contribution is -0.140. The number of carbonyl (C=O) groups excluding carboxylic acids is 1. The van der Waals surface area contributed by atoms with Crippen molar-refractivity contribution in [3.63, 3.8) is 0 Å². The Kier molecular flexibility index (Phi) is 7.10. The van der Waals surface area contributed by atoms with E-state index in [0.29, 0.717) is 11.4 Å². The summed E-state index contributed by atoms with van der Waals surface area (Å²) in [6, 6.07) is 5.96. The molecule has 0 saturated carbocycles. The van der Waals surface area contributed by atoms with Crippen molar-refractivity contribution in [2.75, 3.05) is 7.11 Å². The number of hydrogen-bond acceptors (Lipinski definition) is 6. The Bertz CT molecular complexity index is 1160. The fraction of sp³-hybridized carbons (Fsp3) is 0.273. The predicted molar refractivity (Wildman–Crippen MR) is 111 cm³/mol. The summed E-state index contributed by atoms with van der Waals surface area (Å²) in [4.78, 5) is 20.7. The largest absolute Gasteiger partial charge is 0.481 e. The van der Waals surface area contributed by atoms with E-state index < -0.39 is 30.5 Å². The van der Waals surface area contributed by atoms with Crippen molar-refractivity contribution in [2.24, 2.45) is 0 Å². The highest BCUT2D eigenvalue weighted by atomic mass is 19.4. The molecule has 0 aliphatic heterocycles. The van der Waals surface area contributed by atoms with Crippen molar-refractivity contribution in [3.05, 3.63) is 59.5 Å². The van der Waals surface area contributed by atoms with Crippen LogP contribution in [0.15, 0.2) is 42.9 Å². The molecule has 2 aromatic heterocycles. The molecule has 7 nitrogen and oxygen atoms in total. The van der Waals surface area contributed by atoms with Gasteiger partial charge in [0.2, 0.25) is 5.88 Å². The van der Waals surface area contributed by atoms with Gasteiger partial charge in [-0.2, -0.15) is 13.2 Å². The molecule has 11 heteroatoms. The molecule has 0 unspecified atom stereocenters. The number of hydrogen-bond donors (Lipinski definition) is 0. The van der Waals surface area contributed by atoms with Gasteiger partial charge in [0.15, 0.2) is 5.82 Å². The summed E-state index contributed by atoms with van der Waals surface area (Å²) in [7, 11) is 1.45. The number of esters is 1. The third-order valence-corrected chi connectivity index (χ3v) is 4.32. The van der Waals surface area contributed by atoms with Crippen LogP contribution in [0.2, 0.25) is 0 Å². The normalized spacial score (nSPS) is 12.2. The summed E-state index contributed by atoms with van der Waals surface area (Å²) in [6.07, 6.45) is -1.12. The Hall–Kier alpha value is -3.76. The lowest BCUT2D eigenvalue weighted by Crippen LogP contribution is -2.14. The number of alkyl halides is 4. The number of nitrogens with zero attached hydrogens (tertiary/aromatic N) is 4. The maximum absolute atomic E-state index is 13.2. The van der Waals surface area contributed by atoms with Crippen LogP contribution in [0.3, 0.4) is 0 Å². The molecule has 3 aromatic rings. The third-order valence-electron chi connectivity index (χ3n) is 4.32. The molecule has 1 aromatic carbocycles. The van der Waals surface area contributed by atoms with Gasteiger partial charge in [0, 0.05) is 29.6 Å². The molecule has 0 aliphatic rings. The molecule has 0 saturated heterocycles. The number of halogens is 4. The average Bonchev–Trinajstić information content (AvgIpc) is 3.25. The minimum atomic E-state index is -4.66. The molecule has 0 spiro atoms. The van der Waals surface area contributed by atoms with Crippen molar-refractivity contribution >= 4 is 17.7 Å². The zero-order valence-electron chi connectivity index (χ0n) is 17.9. The quantitative estimate of drug-likeness (QED) is 0.284. The molecule has 2 heterocycles. The van der Waals surface area contributed by atoms with Crippen LogP contribution in [0.25, 0.3) is 23.2 Å². The van der Waals surface area contributed by atoms with Crippen molar-refractivity contribution in [1.29, 1.82) is 0 Å². The number of carbonyl (C=O) groups is 1. The molecule has 174 valence electrons. The van der Waals surface area contributed by atoms with E-state index in [1.807, 2.05) is 0 Å². The van der Waals surface area contributed by atoms with E-state index in [1.54, 1.807) is 26.0 Å². The van der Waals surface area contributed by atoms with E-state index in [9.17, 15) is 22.4 Å². The van der Waals surface area contributed by atoms with Crippen molar-refractivity contribution < 1.29 is 31.8 Å². The number of benzene rings is 1. The number of ether oxygens (including phenoxy) is 2. The lowest BCUT2D eigenvalue weighted by Gasteiger charge is -2.11. The summed E-state index contributed by atoms with van der Waals surface area (Å²) in [5.41, 5.74) is -0.689. The van der Waals surface area contributed by atoms with Crippen LogP contribution < -0.4 is 4.74 Å². The fourth-order valence-electron chi connectivity index (χ4n) is 2.85. The molecule has 0 atom stereocenters. The first-order valence-electron chi connectivity index (χ1n) is 9.72. The van der Waals surface area contributed by atoms with Gasteiger partial charge in [-0.25, -0.2) is 23.8 Å². The Balaban J connectivity index is 2.02. The summed E-state index contributed by atoms with van der Waals surface area (Å²) < 4.78 is 64.1. The monoisotopic (exact) mass is 464 g/mol. The summed E-state index contributed by atoms with van der Waals surface area (Å²) in [5, 5.41) is 4.13. The maximum atomic E-state index is 13.2. The molecule has 3 rings (SSSR count). The van der Waals surface area contributed by atoms with E-state index in [4.69, 9.17) is 9.47 Å². The molecule has 0 N–H and O–H groups in total. The van der Waals surface area contributed by atoms with Crippen LogP contribution in [0.1, 0.15) is 30.5 Å². The van der Waals surface area contributed by atoms with Crippen molar-refractivity contribution in [2.45, 2.75) is 32.8 Å². The zero-order chi connectivity index (χ0) is 24.2. The summed E-state index contributed by atoms with van der Waals surface area (Å²) >= 11 is 0. The van der Waals surface area contributed by atoms with Crippen molar-refractivity contribution in [3.8, 4) is 17.3 Å². The Labute approximate surface area is 186 Å². The second-order valence-electron chi connectivity index (χ2n) is 7.18. The summed E-state index contributed by atoms with van der Waals surface area (Å²) in [6.45, 7) is 2.30.